The van der Waals surface area contributed by atoms with Crippen molar-refractivity contribution in [2.75, 3.05) is 27.3 Å². The Bertz CT molecular complexity index is 414. The summed E-state index contributed by atoms with van der Waals surface area (Å²) in [6, 6.07) is 2.18. The molecule has 1 N–H and O–H groups in total. The summed E-state index contributed by atoms with van der Waals surface area (Å²) in [6.45, 7) is 4.17. The van der Waals surface area contributed by atoms with Crippen LogP contribution in [-0.2, 0) is 0 Å². The molecule has 0 aliphatic carbocycles. The van der Waals surface area contributed by atoms with Gasteiger partial charge in [-0.3, -0.25) is 0 Å². The monoisotopic (exact) mass is 299 g/mol. The van der Waals surface area contributed by atoms with Crippen LogP contribution in [0.1, 0.15) is 23.5 Å². The molecule has 1 aliphatic heterocycles. The van der Waals surface area contributed by atoms with Crippen LogP contribution < -0.4 is 14.8 Å². The van der Waals surface area contributed by atoms with Crippen molar-refractivity contribution in [3.63, 3.8) is 0 Å². The molecule has 94 valence electrons. The van der Waals surface area contributed by atoms with Crippen LogP contribution >= 0.6 is 15.9 Å². The standard InChI is InChI=1S/C13H18BrNO2/c1-8-6-10(9-4-5-15-7-9)13(17-3)11(14)12(8)16-2/h6,9,15H,4-5,7H2,1-3H3. The summed E-state index contributed by atoms with van der Waals surface area (Å²) in [5.41, 5.74) is 2.41. The Kier molecular flexibility index (Phi) is 3.94. The van der Waals surface area contributed by atoms with Crippen molar-refractivity contribution >= 4 is 15.9 Å². The molecule has 1 aromatic carbocycles. The Labute approximate surface area is 111 Å². The summed E-state index contributed by atoms with van der Waals surface area (Å²) in [5, 5.41) is 3.39. The molecule has 0 amide bonds. The van der Waals surface area contributed by atoms with Crippen LogP contribution in [0, 0.1) is 6.92 Å². The molecule has 1 atom stereocenters. The first-order chi connectivity index (χ1) is 8.19. The number of hydrogen-bond acceptors (Lipinski definition) is 3. The van der Waals surface area contributed by atoms with Gasteiger partial charge >= 0.3 is 0 Å². The van der Waals surface area contributed by atoms with Crippen molar-refractivity contribution in [2.24, 2.45) is 0 Å². The molecule has 1 fully saturated rings. The number of methoxy groups -OCH3 is 2. The predicted octanol–water partition coefficient (Wildman–Crippen LogP) is 2.85. The fourth-order valence-corrected chi connectivity index (χ4v) is 3.31. The highest BCUT2D eigenvalue weighted by Gasteiger charge is 2.24. The summed E-state index contributed by atoms with van der Waals surface area (Å²) in [5.74, 6) is 2.29. The first-order valence-electron chi connectivity index (χ1n) is 5.80. The highest BCUT2D eigenvalue weighted by molar-refractivity contribution is 9.10. The molecule has 0 saturated carbocycles. The van der Waals surface area contributed by atoms with Gasteiger partial charge in [-0.15, -0.1) is 0 Å². The van der Waals surface area contributed by atoms with Gasteiger partial charge in [0.1, 0.15) is 16.0 Å². The molecule has 1 heterocycles. The van der Waals surface area contributed by atoms with Gasteiger partial charge in [0.15, 0.2) is 0 Å². The van der Waals surface area contributed by atoms with E-state index in [-0.39, 0.29) is 0 Å². The zero-order chi connectivity index (χ0) is 12.4. The van der Waals surface area contributed by atoms with Gasteiger partial charge in [-0.2, -0.15) is 0 Å². The van der Waals surface area contributed by atoms with Crippen LogP contribution in [0.25, 0.3) is 0 Å². The smallest absolute Gasteiger partial charge is 0.140 e. The highest BCUT2D eigenvalue weighted by Crippen LogP contribution is 2.43. The number of nitrogens with one attached hydrogen (secondary N) is 1. The van der Waals surface area contributed by atoms with Gasteiger partial charge in [-0.05, 0) is 47.4 Å². The number of rotatable bonds is 3. The number of aryl methyl sites for hydroxylation is 1. The molecule has 1 unspecified atom stereocenters. The molecule has 17 heavy (non-hydrogen) atoms. The normalized spacial score (nSPS) is 19.4. The molecule has 1 aliphatic rings. The highest BCUT2D eigenvalue weighted by atomic mass is 79.9. The van der Waals surface area contributed by atoms with Crippen LogP contribution in [0.2, 0.25) is 0 Å². The lowest BCUT2D eigenvalue weighted by atomic mass is 9.95. The van der Waals surface area contributed by atoms with Crippen molar-refractivity contribution in [3.05, 3.63) is 21.7 Å². The quantitative estimate of drug-likeness (QED) is 0.931. The number of halogens is 1. The van der Waals surface area contributed by atoms with Gasteiger partial charge in [0, 0.05) is 18.0 Å². The Balaban J connectivity index is 2.51. The first-order valence-corrected chi connectivity index (χ1v) is 6.60. The van der Waals surface area contributed by atoms with Crippen LogP contribution in [0.4, 0.5) is 0 Å². The molecule has 2 rings (SSSR count). The van der Waals surface area contributed by atoms with E-state index < -0.39 is 0 Å². The van der Waals surface area contributed by atoms with Gasteiger partial charge in [0.05, 0.1) is 14.2 Å². The summed E-state index contributed by atoms with van der Waals surface area (Å²) in [7, 11) is 3.39. The SMILES string of the molecule is COc1c(C)cc(C2CCNC2)c(OC)c1Br. The van der Waals surface area contributed by atoms with E-state index in [1.54, 1.807) is 14.2 Å². The third-order valence-electron chi connectivity index (χ3n) is 3.30. The van der Waals surface area contributed by atoms with Crippen LogP contribution in [0.15, 0.2) is 10.5 Å². The van der Waals surface area contributed by atoms with Crippen LogP contribution in [0.5, 0.6) is 11.5 Å². The summed E-state index contributed by atoms with van der Waals surface area (Å²) in [6.07, 6.45) is 1.16. The summed E-state index contributed by atoms with van der Waals surface area (Å²) < 4.78 is 11.8. The lowest BCUT2D eigenvalue weighted by molar-refractivity contribution is 0.382. The lowest BCUT2D eigenvalue weighted by Gasteiger charge is -2.19. The van der Waals surface area contributed by atoms with E-state index in [9.17, 15) is 0 Å². The molecule has 0 aromatic heterocycles. The largest absolute Gasteiger partial charge is 0.495 e. The van der Waals surface area contributed by atoms with Gasteiger partial charge in [-0.25, -0.2) is 0 Å². The third kappa shape index (κ3) is 2.29. The maximum atomic E-state index is 5.53. The predicted molar refractivity (Wildman–Crippen MR) is 72.2 cm³/mol. The average molecular weight is 300 g/mol. The maximum absolute atomic E-state index is 5.53. The minimum atomic E-state index is 0.533. The molecule has 3 nitrogen and oxygen atoms in total. The van der Waals surface area contributed by atoms with Gasteiger partial charge in [-0.1, -0.05) is 0 Å². The van der Waals surface area contributed by atoms with Crippen molar-refractivity contribution in [2.45, 2.75) is 19.3 Å². The average Bonchev–Trinajstić information content (AvgIpc) is 2.82. The van der Waals surface area contributed by atoms with Gasteiger partial charge in [0.2, 0.25) is 0 Å². The fourth-order valence-electron chi connectivity index (χ4n) is 2.45. The van der Waals surface area contributed by atoms with E-state index >= 15 is 0 Å². The van der Waals surface area contributed by atoms with Crippen LogP contribution in [-0.4, -0.2) is 27.3 Å². The van der Waals surface area contributed by atoms with Gasteiger partial charge < -0.3 is 14.8 Å². The summed E-state index contributed by atoms with van der Waals surface area (Å²) >= 11 is 3.58. The lowest BCUT2D eigenvalue weighted by Crippen LogP contribution is -2.09. The Morgan fingerprint density at radius 1 is 1.29 bits per heavy atom. The van der Waals surface area contributed by atoms with Crippen molar-refractivity contribution in [1.82, 2.24) is 5.32 Å². The van der Waals surface area contributed by atoms with E-state index in [1.165, 1.54) is 5.56 Å². The Morgan fingerprint density at radius 2 is 2.00 bits per heavy atom. The molecule has 1 aromatic rings. The molecule has 0 bridgehead atoms. The van der Waals surface area contributed by atoms with Crippen molar-refractivity contribution in [3.8, 4) is 11.5 Å². The van der Waals surface area contributed by atoms with Crippen molar-refractivity contribution in [1.29, 1.82) is 0 Å². The molecule has 0 spiro atoms. The van der Waals surface area contributed by atoms with E-state index in [2.05, 4.69) is 34.2 Å². The first kappa shape index (κ1) is 12.7. The van der Waals surface area contributed by atoms with E-state index in [0.717, 1.165) is 41.0 Å². The van der Waals surface area contributed by atoms with E-state index in [1.807, 2.05) is 0 Å². The number of hydrogen-bond donors (Lipinski definition) is 1. The minimum absolute atomic E-state index is 0.533. The third-order valence-corrected chi connectivity index (χ3v) is 4.02. The van der Waals surface area contributed by atoms with Crippen LogP contribution in [0.3, 0.4) is 0 Å². The molecule has 0 radical (unpaired) electrons. The fraction of sp³-hybridized carbons (Fsp3) is 0.538. The molecule has 1 saturated heterocycles. The summed E-state index contributed by atoms with van der Waals surface area (Å²) in [4.78, 5) is 0. The minimum Gasteiger partial charge on any atom is -0.495 e. The number of benzene rings is 1. The van der Waals surface area contributed by atoms with Gasteiger partial charge in [0.25, 0.3) is 0 Å². The Hall–Kier alpha value is -0.740. The topological polar surface area (TPSA) is 30.5 Å². The molecular formula is C13H18BrNO2. The molecular weight excluding hydrogens is 282 g/mol. The molecule has 4 heteroatoms. The Morgan fingerprint density at radius 3 is 2.53 bits per heavy atom. The maximum Gasteiger partial charge on any atom is 0.140 e. The second kappa shape index (κ2) is 5.27. The van der Waals surface area contributed by atoms with E-state index in [4.69, 9.17) is 9.47 Å². The zero-order valence-electron chi connectivity index (χ0n) is 10.5. The second-order valence-electron chi connectivity index (χ2n) is 4.35. The second-order valence-corrected chi connectivity index (χ2v) is 5.15. The zero-order valence-corrected chi connectivity index (χ0v) is 12.1. The van der Waals surface area contributed by atoms with Crippen molar-refractivity contribution < 1.29 is 9.47 Å². The van der Waals surface area contributed by atoms with E-state index in [0.29, 0.717) is 5.92 Å². The number of ether oxygens (including phenoxy) is 2.